The molecule has 3 heterocycles. The molecule has 20 heavy (non-hydrogen) atoms. The fraction of sp³-hybridized carbons (Fsp3) is 0.154. The number of aryl methyl sites for hydroxylation is 1. The van der Waals surface area contributed by atoms with Crippen LogP contribution in [0.15, 0.2) is 28.8 Å². The second kappa shape index (κ2) is 5.16. The van der Waals surface area contributed by atoms with Crippen LogP contribution in [0.25, 0.3) is 10.2 Å². The number of hydrogen-bond acceptors (Lipinski definition) is 4. The first-order valence-electron chi connectivity index (χ1n) is 5.79. The zero-order valence-corrected chi connectivity index (χ0v) is 12.8. The van der Waals surface area contributed by atoms with Crippen LogP contribution < -0.4 is 5.56 Å². The average molecular weight is 326 g/mol. The number of hydrogen-bond donors (Lipinski definition) is 0. The molecule has 0 aliphatic carbocycles. The van der Waals surface area contributed by atoms with Crippen molar-refractivity contribution in [2.75, 3.05) is 0 Å². The van der Waals surface area contributed by atoms with Gasteiger partial charge in [-0.1, -0.05) is 23.2 Å². The van der Waals surface area contributed by atoms with Crippen molar-refractivity contribution in [1.29, 1.82) is 0 Å². The highest BCUT2D eigenvalue weighted by atomic mass is 35.5. The van der Waals surface area contributed by atoms with Gasteiger partial charge in [0.2, 0.25) is 0 Å². The second-order valence-electron chi connectivity index (χ2n) is 4.37. The summed E-state index contributed by atoms with van der Waals surface area (Å²) in [6, 6.07) is 1.56. The fourth-order valence-corrected chi connectivity index (χ4v) is 3.28. The van der Waals surface area contributed by atoms with E-state index in [1.54, 1.807) is 12.3 Å². The molecule has 0 spiro atoms. The van der Waals surface area contributed by atoms with Crippen LogP contribution in [0, 0.1) is 6.92 Å². The van der Waals surface area contributed by atoms with Crippen LogP contribution in [0.1, 0.15) is 11.1 Å². The Hall–Kier alpha value is -1.43. The lowest BCUT2D eigenvalue weighted by Gasteiger charge is -2.07. The number of rotatable bonds is 2. The number of pyridine rings is 1. The van der Waals surface area contributed by atoms with Gasteiger partial charge in [-0.25, -0.2) is 9.97 Å². The van der Waals surface area contributed by atoms with E-state index in [2.05, 4.69) is 9.97 Å². The summed E-state index contributed by atoms with van der Waals surface area (Å²) >= 11 is 13.3. The first kappa shape index (κ1) is 13.5. The minimum atomic E-state index is -0.0703. The molecule has 0 unspecified atom stereocenters. The molecular formula is C13H9Cl2N3OS. The van der Waals surface area contributed by atoms with Gasteiger partial charge >= 0.3 is 0 Å². The van der Waals surface area contributed by atoms with Gasteiger partial charge < -0.3 is 0 Å². The Bertz CT molecular complexity index is 856. The lowest BCUT2D eigenvalue weighted by atomic mass is 10.3. The minimum Gasteiger partial charge on any atom is -0.293 e. The largest absolute Gasteiger partial charge is 0.293 e. The SMILES string of the molecule is Cc1csc2c(=O)n(Cc3cnc(Cl)cc3Cl)cnc12. The Morgan fingerprint density at radius 3 is 2.90 bits per heavy atom. The summed E-state index contributed by atoms with van der Waals surface area (Å²) in [7, 11) is 0. The molecule has 0 fully saturated rings. The van der Waals surface area contributed by atoms with E-state index in [-0.39, 0.29) is 5.56 Å². The Morgan fingerprint density at radius 2 is 2.15 bits per heavy atom. The van der Waals surface area contributed by atoms with Crippen molar-refractivity contribution in [3.05, 3.63) is 55.6 Å². The predicted octanol–water partition coefficient (Wildman–Crippen LogP) is 3.52. The van der Waals surface area contributed by atoms with Crippen molar-refractivity contribution >= 4 is 44.8 Å². The molecule has 3 rings (SSSR count). The molecule has 0 amide bonds. The Kier molecular flexibility index (Phi) is 3.50. The molecule has 102 valence electrons. The predicted molar refractivity (Wildman–Crippen MR) is 82.0 cm³/mol. The summed E-state index contributed by atoms with van der Waals surface area (Å²) in [6.07, 6.45) is 3.11. The fourth-order valence-electron chi connectivity index (χ4n) is 1.91. The van der Waals surface area contributed by atoms with Crippen molar-refractivity contribution in [3.8, 4) is 0 Å². The molecule has 0 saturated heterocycles. The molecule has 0 N–H and O–H groups in total. The van der Waals surface area contributed by atoms with Gasteiger partial charge in [0.05, 0.1) is 23.4 Å². The molecule has 7 heteroatoms. The normalized spacial score (nSPS) is 11.2. The van der Waals surface area contributed by atoms with E-state index in [0.717, 1.165) is 16.6 Å². The Balaban J connectivity index is 2.07. The minimum absolute atomic E-state index is 0.0703. The Morgan fingerprint density at radius 1 is 1.35 bits per heavy atom. The highest BCUT2D eigenvalue weighted by Gasteiger charge is 2.10. The van der Waals surface area contributed by atoms with Crippen molar-refractivity contribution in [3.63, 3.8) is 0 Å². The third-order valence-electron chi connectivity index (χ3n) is 2.96. The number of fused-ring (bicyclic) bond motifs is 1. The van der Waals surface area contributed by atoms with Crippen LogP contribution >= 0.6 is 34.5 Å². The van der Waals surface area contributed by atoms with Gasteiger partial charge in [-0.05, 0) is 23.9 Å². The number of nitrogens with zero attached hydrogens (tertiary/aromatic N) is 3. The van der Waals surface area contributed by atoms with Gasteiger partial charge in [0.1, 0.15) is 9.85 Å². The van der Waals surface area contributed by atoms with Crippen LogP contribution in [0.3, 0.4) is 0 Å². The van der Waals surface area contributed by atoms with Crippen molar-refractivity contribution < 1.29 is 0 Å². The van der Waals surface area contributed by atoms with Gasteiger partial charge in [0.15, 0.2) is 0 Å². The summed E-state index contributed by atoms with van der Waals surface area (Å²) in [4.78, 5) is 20.7. The van der Waals surface area contributed by atoms with Gasteiger partial charge in [-0.15, -0.1) is 11.3 Å². The smallest absolute Gasteiger partial charge is 0.271 e. The molecule has 3 aromatic heterocycles. The van der Waals surface area contributed by atoms with Crippen molar-refractivity contribution in [1.82, 2.24) is 14.5 Å². The van der Waals surface area contributed by atoms with Crippen LogP contribution in [-0.2, 0) is 6.54 Å². The molecule has 0 aromatic carbocycles. The van der Waals surface area contributed by atoms with Crippen molar-refractivity contribution in [2.24, 2.45) is 0 Å². The quantitative estimate of drug-likeness (QED) is 0.677. The third-order valence-corrected chi connectivity index (χ3v) is 4.59. The molecule has 0 aliphatic rings. The van der Waals surface area contributed by atoms with E-state index >= 15 is 0 Å². The molecular weight excluding hydrogens is 317 g/mol. The summed E-state index contributed by atoms with van der Waals surface area (Å²) < 4.78 is 2.18. The molecule has 0 radical (unpaired) electrons. The first-order chi connectivity index (χ1) is 9.56. The first-order valence-corrected chi connectivity index (χ1v) is 7.43. The topological polar surface area (TPSA) is 47.8 Å². The maximum absolute atomic E-state index is 12.4. The summed E-state index contributed by atoms with van der Waals surface area (Å²) in [5.41, 5.74) is 2.43. The molecule has 0 aliphatic heterocycles. The summed E-state index contributed by atoms with van der Waals surface area (Å²) in [6.45, 7) is 2.26. The van der Waals surface area contributed by atoms with E-state index in [0.29, 0.717) is 21.4 Å². The Labute approximate surface area is 128 Å². The summed E-state index contributed by atoms with van der Waals surface area (Å²) in [5, 5.41) is 2.74. The van der Waals surface area contributed by atoms with Crippen LogP contribution in [0.5, 0.6) is 0 Å². The number of halogens is 2. The molecule has 0 atom stereocenters. The maximum Gasteiger partial charge on any atom is 0.271 e. The van der Waals surface area contributed by atoms with E-state index in [1.807, 2.05) is 12.3 Å². The zero-order chi connectivity index (χ0) is 14.3. The van der Waals surface area contributed by atoms with Gasteiger partial charge in [0, 0.05) is 11.8 Å². The van der Waals surface area contributed by atoms with Gasteiger partial charge in [-0.3, -0.25) is 9.36 Å². The second-order valence-corrected chi connectivity index (χ2v) is 6.05. The van der Waals surface area contributed by atoms with Crippen molar-refractivity contribution in [2.45, 2.75) is 13.5 Å². The van der Waals surface area contributed by atoms with Crippen LogP contribution in [0.4, 0.5) is 0 Å². The van der Waals surface area contributed by atoms with Crippen LogP contribution in [-0.4, -0.2) is 14.5 Å². The maximum atomic E-state index is 12.4. The van der Waals surface area contributed by atoms with Gasteiger partial charge in [0.25, 0.3) is 5.56 Å². The monoisotopic (exact) mass is 325 g/mol. The van der Waals surface area contributed by atoms with E-state index in [4.69, 9.17) is 23.2 Å². The molecule has 4 nitrogen and oxygen atoms in total. The zero-order valence-electron chi connectivity index (χ0n) is 10.4. The third kappa shape index (κ3) is 2.32. The number of aromatic nitrogens is 3. The van der Waals surface area contributed by atoms with Crippen LogP contribution in [0.2, 0.25) is 10.2 Å². The molecule has 0 saturated carbocycles. The van der Waals surface area contributed by atoms with E-state index in [9.17, 15) is 4.79 Å². The average Bonchev–Trinajstić information content (AvgIpc) is 2.78. The van der Waals surface area contributed by atoms with E-state index < -0.39 is 0 Å². The lowest BCUT2D eigenvalue weighted by Crippen LogP contribution is -2.20. The standard InChI is InChI=1S/C13H9Cl2N3OS/c1-7-5-20-12-11(7)17-6-18(13(12)19)4-8-3-16-10(15)2-9(8)14/h2-3,5-6H,4H2,1H3. The highest BCUT2D eigenvalue weighted by molar-refractivity contribution is 7.17. The molecule has 0 bridgehead atoms. The number of thiophene rings is 1. The lowest BCUT2D eigenvalue weighted by molar-refractivity contribution is 0.747. The molecule has 3 aromatic rings. The van der Waals surface area contributed by atoms with Gasteiger partial charge in [-0.2, -0.15) is 0 Å². The highest BCUT2D eigenvalue weighted by Crippen LogP contribution is 2.21. The van der Waals surface area contributed by atoms with E-state index in [1.165, 1.54) is 22.2 Å². The summed E-state index contributed by atoms with van der Waals surface area (Å²) in [5.74, 6) is 0.